The minimum atomic E-state index is -0.0441. The van der Waals surface area contributed by atoms with E-state index in [0.29, 0.717) is 30.0 Å². The Morgan fingerprint density at radius 1 is 1.24 bits per heavy atom. The van der Waals surface area contributed by atoms with Crippen LogP contribution < -0.4 is 4.74 Å². The summed E-state index contributed by atoms with van der Waals surface area (Å²) in [5.41, 5.74) is 1.50. The lowest BCUT2D eigenvalue weighted by Gasteiger charge is -2.31. The number of amides is 1. The number of carbonyl (C=O) groups is 1. The highest BCUT2D eigenvalue weighted by Gasteiger charge is 2.27. The van der Waals surface area contributed by atoms with Crippen LogP contribution in [0.4, 0.5) is 0 Å². The van der Waals surface area contributed by atoms with Crippen LogP contribution in [0.15, 0.2) is 18.6 Å². The van der Waals surface area contributed by atoms with Gasteiger partial charge in [-0.1, -0.05) is 5.21 Å². The van der Waals surface area contributed by atoms with Crippen LogP contribution in [0.25, 0.3) is 0 Å². The standard InChI is InChI=1S/C17H22N6O2/c1-22-9-15(20-21-22)17(24)23-6-4-12(5-7-23)10-25-16-8-14(13-2-3-13)18-11-19-16/h8-9,11-13H,2-7,10H2,1H3. The van der Waals surface area contributed by atoms with E-state index < -0.39 is 0 Å². The molecular weight excluding hydrogens is 320 g/mol. The minimum absolute atomic E-state index is 0.0441. The van der Waals surface area contributed by atoms with Crippen molar-refractivity contribution in [3.63, 3.8) is 0 Å². The van der Waals surface area contributed by atoms with Crippen molar-refractivity contribution in [1.82, 2.24) is 29.9 Å². The van der Waals surface area contributed by atoms with Crippen molar-refractivity contribution in [3.05, 3.63) is 30.0 Å². The fourth-order valence-electron chi connectivity index (χ4n) is 3.15. The van der Waals surface area contributed by atoms with Crippen LogP contribution in [-0.4, -0.2) is 55.5 Å². The summed E-state index contributed by atoms with van der Waals surface area (Å²) < 4.78 is 7.41. The predicted octanol–water partition coefficient (Wildman–Crippen LogP) is 1.41. The van der Waals surface area contributed by atoms with Gasteiger partial charge in [0, 0.05) is 32.1 Å². The number of aromatic nitrogens is 5. The second-order valence-electron chi connectivity index (χ2n) is 6.88. The maximum Gasteiger partial charge on any atom is 0.276 e. The fourth-order valence-corrected chi connectivity index (χ4v) is 3.15. The Morgan fingerprint density at radius 2 is 2.04 bits per heavy atom. The predicted molar refractivity (Wildman–Crippen MR) is 89.1 cm³/mol. The molecule has 1 aliphatic heterocycles. The van der Waals surface area contributed by atoms with Crippen molar-refractivity contribution in [2.45, 2.75) is 31.6 Å². The average Bonchev–Trinajstić information content (AvgIpc) is 3.41. The number of likely N-dealkylation sites (tertiary alicyclic amines) is 1. The third-order valence-corrected chi connectivity index (χ3v) is 4.85. The molecule has 1 aliphatic carbocycles. The number of rotatable bonds is 5. The number of piperidine rings is 1. The Bertz CT molecular complexity index is 749. The van der Waals surface area contributed by atoms with E-state index in [1.165, 1.54) is 12.8 Å². The van der Waals surface area contributed by atoms with Gasteiger partial charge in [-0.2, -0.15) is 0 Å². The molecule has 0 bridgehead atoms. The van der Waals surface area contributed by atoms with E-state index >= 15 is 0 Å². The van der Waals surface area contributed by atoms with Gasteiger partial charge in [-0.15, -0.1) is 5.10 Å². The van der Waals surface area contributed by atoms with E-state index in [9.17, 15) is 4.79 Å². The van der Waals surface area contributed by atoms with Gasteiger partial charge in [0.1, 0.15) is 6.33 Å². The molecule has 1 saturated heterocycles. The van der Waals surface area contributed by atoms with Crippen LogP contribution in [-0.2, 0) is 7.05 Å². The van der Waals surface area contributed by atoms with Crippen molar-refractivity contribution in [1.29, 1.82) is 0 Å². The quantitative estimate of drug-likeness (QED) is 0.817. The summed E-state index contributed by atoms with van der Waals surface area (Å²) in [4.78, 5) is 22.7. The first-order chi connectivity index (χ1) is 12.2. The Kier molecular flexibility index (Phi) is 4.33. The van der Waals surface area contributed by atoms with E-state index in [1.54, 1.807) is 24.3 Å². The first-order valence-corrected chi connectivity index (χ1v) is 8.79. The molecule has 8 nitrogen and oxygen atoms in total. The van der Waals surface area contributed by atoms with Crippen molar-refractivity contribution in [2.24, 2.45) is 13.0 Å². The molecule has 2 aromatic rings. The van der Waals surface area contributed by atoms with Crippen LogP contribution in [0.5, 0.6) is 5.88 Å². The largest absolute Gasteiger partial charge is 0.477 e. The molecule has 4 rings (SSSR count). The molecule has 1 saturated carbocycles. The summed E-state index contributed by atoms with van der Waals surface area (Å²) in [6.45, 7) is 2.08. The molecule has 2 aromatic heterocycles. The van der Waals surface area contributed by atoms with Gasteiger partial charge in [0.15, 0.2) is 5.69 Å². The highest BCUT2D eigenvalue weighted by Crippen LogP contribution is 2.39. The lowest BCUT2D eigenvalue weighted by Crippen LogP contribution is -2.39. The fraction of sp³-hybridized carbons (Fsp3) is 0.588. The maximum absolute atomic E-state index is 12.4. The normalized spacial score (nSPS) is 18.4. The number of nitrogens with zero attached hydrogens (tertiary/aromatic N) is 6. The highest BCUT2D eigenvalue weighted by atomic mass is 16.5. The van der Waals surface area contributed by atoms with Crippen LogP contribution in [0.2, 0.25) is 0 Å². The SMILES string of the molecule is Cn1cc(C(=O)N2CCC(COc3cc(C4CC4)ncn3)CC2)nn1. The average molecular weight is 342 g/mol. The van der Waals surface area contributed by atoms with Crippen molar-refractivity contribution < 1.29 is 9.53 Å². The van der Waals surface area contributed by atoms with Crippen LogP contribution in [0.3, 0.4) is 0 Å². The monoisotopic (exact) mass is 342 g/mol. The van der Waals surface area contributed by atoms with Gasteiger partial charge in [0.05, 0.1) is 18.5 Å². The van der Waals surface area contributed by atoms with Gasteiger partial charge >= 0.3 is 0 Å². The topological polar surface area (TPSA) is 86.0 Å². The summed E-state index contributed by atoms with van der Waals surface area (Å²) in [6.07, 6.45) is 7.53. The Morgan fingerprint density at radius 3 is 2.72 bits per heavy atom. The van der Waals surface area contributed by atoms with Crippen molar-refractivity contribution >= 4 is 5.91 Å². The lowest BCUT2D eigenvalue weighted by molar-refractivity contribution is 0.0653. The molecule has 0 atom stereocenters. The number of hydrogen-bond donors (Lipinski definition) is 0. The van der Waals surface area contributed by atoms with Crippen LogP contribution in [0.1, 0.15) is 47.8 Å². The molecule has 3 heterocycles. The highest BCUT2D eigenvalue weighted by molar-refractivity contribution is 5.91. The van der Waals surface area contributed by atoms with Crippen LogP contribution >= 0.6 is 0 Å². The first-order valence-electron chi connectivity index (χ1n) is 8.79. The summed E-state index contributed by atoms with van der Waals surface area (Å²) in [7, 11) is 1.76. The summed E-state index contributed by atoms with van der Waals surface area (Å²) in [6, 6.07) is 1.96. The van der Waals surface area contributed by atoms with E-state index in [0.717, 1.165) is 31.6 Å². The molecule has 0 spiro atoms. The number of aryl methyl sites for hydroxylation is 1. The Labute approximate surface area is 146 Å². The number of carbonyl (C=O) groups excluding carboxylic acids is 1. The number of ether oxygens (including phenoxy) is 1. The van der Waals surface area contributed by atoms with Gasteiger partial charge in [-0.25, -0.2) is 9.97 Å². The minimum Gasteiger partial charge on any atom is -0.477 e. The van der Waals surface area contributed by atoms with E-state index in [1.807, 2.05) is 11.0 Å². The third kappa shape index (κ3) is 3.78. The van der Waals surface area contributed by atoms with Gasteiger partial charge in [0.25, 0.3) is 5.91 Å². The Hall–Kier alpha value is -2.51. The molecule has 0 aromatic carbocycles. The summed E-state index contributed by atoms with van der Waals surface area (Å²) in [5, 5.41) is 7.72. The van der Waals surface area contributed by atoms with E-state index in [2.05, 4.69) is 20.3 Å². The molecular formula is C17H22N6O2. The van der Waals surface area contributed by atoms with E-state index in [-0.39, 0.29) is 5.91 Å². The van der Waals surface area contributed by atoms with Gasteiger partial charge in [0.2, 0.25) is 5.88 Å². The lowest BCUT2D eigenvalue weighted by atomic mass is 9.97. The van der Waals surface area contributed by atoms with E-state index in [4.69, 9.17) is 4.74 Å². The second kappa shape index (κ2) is 6.78. The molecule has 25 heavy (non-hydrogen) atoms. The molecule has 1 amide bonds. The first kappa shape index (κ1) is 16.0. The zero-order valence-electron chi connectivity index (χ0n) is 14.3. The third-order valence-electron chi connectivity index (χ3n) is 4.85. The number of hydrogen-bond acceptors (Lipinski definition) is 6. The van der Waals surface area contributed by atoms with Crippen LogP contribution in [0, 0.1) is 5.92 Å². The van der Waals surface area contributed by atoms with Crippen molar-refractivity contribution in [2.75, 3.05) is 19.7 Å². The molecule has 0 radical (unpaired) electrons. The molecule has 0 N–H and O–H groups in total. The molecule has 2 fully saturated rings. The smallest absolute Gasteiger partial charge is 0.276 e. The Balaban J connectivity index is 1.26. The zero-order valence-corrected chi connectivity index (χ0v) is 14.3. The molecule has 8 heteroatoms. The summed E-state index contributed by atoms with van der Waals surface area (Å²) in [5.74, 6) is 1.65. The molecule has 2 aliphatic rings. The van der Waals surface area contributed by atoms with Gasteiger partial charge in [-0.3, -0.25) is 9.48 Å². The van der Waals surface area contributed by atoms with Gasteiger partial charge in [-0.05, 0) is 31.6 Å². The molecule has 0 unspecified atom stereocenters. The van der Waals surface area contributed by atoms with Gasteiger partial charge < -0.3 is 9.64 Å². The summed E-state index contributed by atoms with van der Waals surface area (Å²) >= 11 is 0. The van der Waals surface area contributed by atoms with Crippen molar-refractivity contribution in [3.8, 4) is 5.88 Å². The second-order valence-corrected chi connectivity index (χ2v) is 6.88. The zero-order chi connectivity index (χ0) is 17.2. The molecule has 132 valence electrons. The maximum atomic E-state index is 12.4.